The lowest BCUT2D eigenvalue weighted by Gasteiger charge is -2.51. The Morgan fingerprint density at radius 1 is 0.333 bits per heavy atom. The van der Waals surface area contributed by atoms with Gasteiger partial charge in [0.25, 0.3) is 5.95 Å². The molecule has 69 heavy (non-hydrogen) atoms. The largest absolute Gasteiger partial charge is 0.512 e. The Bertz CT molecular complexity index is 2320. The van der Waals surface area contributed by atoms with Gasteiger partial charge in [-0.15, -0.1) is 0 Å². The molecule has 0 saturated carbocycles. The minimum absolute atomic E-state index is 0.182. The van der Waals surface area contributed by atoms with Gasteiger partial charge in [0.2, 0.25) is 7.59 Å². The van der Waals surface area contributed by atoms with Gasteiger partial charge in [-0.05, 0) is 159 Å². The molecule has 0 spiro atoms. The van der Waals surface area contributed by atoms with E-state index in [0.717, 1.165) is 0 Å². The first-order valence-electron chi connectivity index (χ1n) is 27.4. The third-order valence-corrected chi connectivity index (χ3v) is 31.4. The summed E-state index contributed by atoms with van der Waals surface area (Å²) in [5, 5.41) is 7.08. The summed E-state index contributed by atoms with van der Waals surface area (Å²) in [6.07, 6.45) is 0.245. The van der Waals surface area contributed by atoms with Crippen molar-refractivity contribution in [1.29, 1.82) is 0 Å². The van der Waals surface area contributed by atoms with Crippen LogP contribution in [0, 0.1) is 0 Å². The molecule has 0 aliphatic carbocycles. The molecular formula is C64H94O3Si2. The number of carbonyl (C=O) groups excluding carboxylic acids is 1. The number of hydrogen-bond donors (Lipinski definition) is 0. The second-order valence-electron chi connectivity index (χ2n) is 25.1. The van der Waals surface area contributed by atoms with Crippen LogP contribution in [0.2, 0.25) is 0 Å². The van der Waals surface area contributed by atoms with Gasteiger partial charge >= 0.3 is 13.8 Å². The summed E-state index contributed by atoms with van der Waals surface area (Å²) in [6, 6.07) is 20.8. The van der Waals surface area contributed by atoms with Crippen LogP contribution in [-0.4, -0.2) is 21.4 Å². The van der Waals surface area contributed by atoms with E-state index in [4.69, 9.17) is 9.16 Å². The highest BCUT2D eigenvalue weighted by atomic mass is 29.3. The van der Waals surface area contributed by atoms with Gasteiger partial charge in [-0.25, -0.2) is 0 Å². The van der Waals surface area contributed by atoms with Crippen molar-refractivity contribution in [3.63, 3.8) is 0 Å². The van der Waals surface area contributed by atoms with Crippen molar-refractivity contribution in [1.82, 2.24) is 0 Å². The zero-order valence-electron chi connectivity index (χ0n) is 48.0. The van der Waals surface area contributed by atoms with Gasteiger partial charge in [0, 0.05) is 5.20 Å². The van der Waals surface area contributed by atoms with E-state index < -0.39 is 15.4 Å². The Labute approximate surface area is 424 Å². The molecule has 6 rings (SSSR count). The molecule has 0 bridgehead atoms. The van der Waals surface area contributed by atoms with Gasteiger partial charge in [0.05, 0.1) is 6.42 Å². The van der Waals surface area contributed by atoms with Crippen LogP contribution in [0.1, 0.15) is 310 Å². The van der Waals surface area contributed by atoms with Gasteiger partial charge in [-0.3, -0.25) is 4.79 Å². The molecular weight excluding hydrogens is 873 g/mol. The summed E-state index contributed by atoms with van der Waals surface area (Å²) in [4.78, 5) is 14.7. The molecule has 0 amide bonds. The molecule has 376 valence electrons. The second-order valence-corrected chi connectivity index (χ2v) is 35.1. The summed E-state index contributed by atoms with van der Waals surface area (Å²) in [6.45, 7) is 57.7. The van der Waals surface area contributed by atoms with Crippen LogP contribution in [0.15, 0.2) is 59.7 Å². The SMILES string of the molecule is CC(C)c1cc(C(C)C)c([Si]2(c3c(C(C)C)cc(C(C)C)cc3C(C)C)OC3=C(CC(=O)O3)[Si]2(c2c(C(C)C)cc(C(C)C)cc2C(C)C)c2c(C(C)C)cc(C(C)C)cc2C(C)C)c(C(C)C)c1. The lowest BCUT2D eigenvalue weighted by atomic mass is 9.89. The molecule has 0 unspecified atom stereocenters. The molecule has 0 saturated heterocycles. The molecule has 0 fully saturated rings. The second kappa shape index (κ2) is 20.4. The first kappa shape index (κ1) is 54.7. The maximum absolute atomic E-state index is 14.7. The molecule has 5 heteroatoms. The minimum Gasteiger partial charge on any atom is -0.512 e. The first-order valence-corrected chi connectivity index (χ1v) is 32.3. The third-order valence-electron chi connectivity index (χ3n) is 16.0. The minimum atomic E-state index is -3.93. The van der Waals surface area contributed by atoms with Crippen molar-refractivity contribution in [2.24, 2.45) is 0 Å². The lowest BCUT2D eigenvalue weighted by molar-refractivity contribution is -0.139. The predicted molar refractivity (Wildman–Crippen MR) is 304 cm³/mol. The van der Waals surface area contributed by atoms with E-state index in [9.17, 15) is 4.79 Å². The predicted octanol–water partition coefficient (Wildman–Crippen LogP) is 16.3. The van der Waals surface area contributed by atoms with Crippen LogP contribution in [0.4, 0.5) is 0 Å². The average Bonchev–Trinajstić information content (AvgIpc) is 3.75. The van der Waals surface area contributed by atoms with E-state index in [1.807, 2.05) is 0 Å². The molecule has 4 aromatic carbocycles. The van der Waals surface area contributed by atoms with Crippen molar-refractivity contribution in [3.05, 3.63) is 126 Å². The van der Waals surface area contributed by atoms with E-state index in [1.165, 1.54) is 92.7 Å². The van der Waals surface area contributed by atoms with Gasteiger partial charge in [0.15, 0.2) is 0 Å². The molecule has 3 nitrogen and oxygen atoms in total. The van der Waals surface area contributed by atoms with Crippen molar-refractivity contribution in [3.8, 4) is 0 Å². The fourth-order valence-corrected chi connectivity index (χ4v) is 33.5. The number of carbonyl (C=O) groups is 1. The average molecular weight is 968 g/mol. The van der Waals surface area contributed by atoms with E-state index >= 15 is 0 Å². The van der Waals surface area contributed by atoms with Crippen LogP contribution in [0.25, 0.3) is 0 Å². The first-order chi connectivity index (χ1) is 32.1. The number of hydrogen-bond acceptors (Lipinski definition) is 3. The zero-order valence-corrected chi connectivity index (χ0v) is 50.0. The van der Waals surface area contributed by atoms with Crippen LogP contribution in [0.5, 0.6) is 0 Å². The fraction of sp³-hybridized carbons (Fsp3) is 0.578. The molecule has 2 aliphatic rings. The van der Waals surface area contributed by atoms with Crippen LogP contribution < -0.4 is 20.7 Å². The summed E-state index contributed by atoms with van der Waals surface area (Å²) >= 11 is 0. The molecule has 2 aliphatic heterocycles. The highest BCUT2D eigenvalue weighted by molar-refractivity contribution is 7.61. The zero-order chi connectivity index (χ0) is 51.7. The quantitative estimate of drug-likeness (QED) is 0.0829. The maximum Gasteiger partial charge on any atom is 0.317 e. The van der Waals surface area contributed by atoms with E-state index in [0.29, 0.717) is 29.6 Å². The Morgan fingerprint density at radius 2 is 0.551 bits per heavy atom. The highest BCUT2D eigenvalue weighted by Crippen LogP contribution is 2.51. The number of ether oxygens (including phenoxy) is 1. The van der Waals surface area contributed by atoms with Gasteiger partial charge in [0.1, 0.15) is 0 Å². The van der Waals surface area contributed by atoms with E-state index in [-0.39, 0.29) is 59.7 Å². The summed E-state index contributed by atoms with van der Waals surface area (Å²) in [5.74, 6) is 3.31. The van der Waals surface area contributed by atoms with Gasteiger partial charge in [-0.1, -0.05) is 215 Å². The van der Waals surface area contributed by atoms with Crippen LogP contribution in [0.3, 0.4) is 0 Å². The van der Waals surface area contributed by atoms with Crippen LogP contribution in [-0.2, 0) is 14.0 Å². The van der Waals surface area contributed by atoms with Gasteiger partial charge < -0.3 is 9.16 Å². The Kier molecular flexibility index (Phi) is 16.2. The molecule has 0 aromatic heterocycles. The highest BCUT2D eigenvalue weighted by Gasteiger charge is 2.76. The molecule has 0 N–H and O–H groups in total. The molecule has 0 radical (unpaired) electrons. The smallest absolute Gasteiger partial charge is 0.317 e. The number of rotatable bonds is 16. The monoisotopic (exact) mass is 967 g/mol. The van der Waals surface area contributed by atoms with Crippen molar-refractivity contribution >= 4 is 42.1 Å². The Balaban J connectivity index is 2.26. The number of benzene rings is 4. The van der Waals surface area contributed by atoms with E-state index in [2.05, 4.69) is 215 Å². The summed E-state index contributed by atoms with van der Waals surface area (Å²) < 4.78 is 15.6. The van der Waals surface area contributed by atoms with Crippen molar-refractivity contribution in [2.75, 3.05) is 0 Å². The molecule has 2 heterocycles. The third kappa shape index (κ3) is 9.25. The maximum atomic E-state index is 14.7. The summed E-state index contributed by atoms with van der Waals surface area (Å²) in [5.41, 5.74) is 16.9. The Morgan fingerprint density at radius 3 is 0.754 bits per heavy atom. The normalized spacial score (nSPS) is 16.0. The summed E-state index contributed by atoms with van der Waals surface area (Å²) in [7, 11) is -7.74. The molecule has 4 aromatic rings. The standard InChI is InChI=1S/C64H94O3Si2/c1-34(2)46-25-50(38(9)10)60(51(26-46)39(11)12)68(61-52(40(13)14)27-47(35(3)4)28-53(61)41(15)16)58-33-59(65)66-64(58)67-69(68,62-54(42(17)18)29-48(36(5)6)30-55(62)43(19)20)63-56(44(21)22)31-49(37(7)8)32-57(63)45(23)24/h25-32,34-45H,33H2,1-24H3. The van der Waals surface area contributed by atoms with E-state index in [1.54, 1.807) is 0 Å². The van der Waals surface area contributed by atoms with Crippen LogP contribution >= 0.6 is 0 Å². The topological polar surface area (TPSA) is 35.5 Å². The molecule has 0 atom stereocenters. The lowest BCUT2D eigenvalue weighted by Crippen LogP contribution is -2.88. The van der Waals surface area contributed by atoms with Gasteiger partial charge in [-0.2, -0.15) is 0 Å². The van der Waals surface area contributed by atoms with Crippen molar-refractivity contribution < 1.29 is 14.0 Å². The Hall–Kier alpha value is -3.68. The number of esters is 1. The fourth-order valence-electron chi connectivity index (χ4n) is 12.1. The van der Waals surface area contributed by atoms with Crippen molar-refractivity contribution in [2.45, 2.75) is 244 Å².